The molecule has 0 N–H and O–H groups in total. The summed E-state index contributed by atoms with van der Waals surface area (Å²) >= 11 is 0. The van der Waals surface area contributed by atoms with Crippen LogP contribution in [0.25, 0.3) is 16.6 Å². The van der Waals surface area contributed by atoms with Gasteiger partial charge in [0.1, 0.15) is 11.8 Å². The Balaban J connectivity index is 1.38. The molecule has 5 rings (SSSR count). The molecule has 0 bridgehead atoms. The summed E-state index contributed by atoms with van der Waals surface area (Å²) in [5, 5.41) is 8.83. The molecule has 3 aromatic heterocycles. The van der Waals surface area contributed by atoms with E-state index in [4.69, 9.17) is 4.74 Å². The summed E-state index contributed by atoms with van der Waals surface area (Å²) in [6, 6.07) is 16.9. The van der Waals surface area contributed by atoms with Crippen LogP contribution < -0.4 is 0 Å². The number of rotatable bonds is 4. The second-order valence-corrected chi connectivity index (χ2v) is 7.54. The van der Waals surface area contributed by atoms with Crippen LogP contribution in [0.4, 0.5) is 0 Å². The maximum Gasteiger partial charge on any atom is 0.121 e. The lowest BCUT2D eigenvalue weighted by atomic mass is 10.1. The molecule has 0 aliphatic carbocycles. The van der Waals surface area contributed by atoms with Gasteiger partial charge in [0.2, 0.25) is 0 Å². The predicted molar refractivity (Wildman–Crippen MR) is 111 cm³/mol. The van der Waals surface area contributed by atoms with Crippen LogP contribution in [0.1, 0.15) is 22.9 Å². The molecule has 0 saturated carbocycles. The molecule has 1 aromatic carbocycles. The molecule has 4 heterocycles. The fraction of sp³-hybridized carbons (Fsp3) is 0.261. The van der Waals surface area contributed by atoms with Crippen molar-refractivity contribution in [2.45, 2.75) is 19.6 Å². The zero-order chi connectivity index (χ0) is 19.6. The molecule has 1 aliphatic heterocycles. The summed E-state index contributed by atoms with van der Waals surface area (Å²) in [5.41, 5.74) is 6.71. The second-order valence-electron chi connectivity index (χ2n) is 7.54. The van der Waals surface area contributed by atoms with Crippen molar-refractivity contribution in [1.82, 2.24) is 24.7 Å². The standard InChI is InChI=1S/C23H23N5O/c1-17-2-4-19(5-3-17)20-6-7-21-23(25-26-28(21)15-20)22-16-27(12-13-29-22)14-18-8-10-24-11-9-18/h2-11,15,22H,12-14,16H2,1H3/t22-/m1/s1. The van der Waals surface area contributed by atoms with Gasteiger partial charge in [0, 0.05) is 43.8 Å². The third kappa shape index (κ3) is 3.77. The molecule has 0 spiro atoms. The Morgan fingerprint density at radius 1 is 1.00 bits per heavy atom. The minimum absolute atomic E-state index is 0.0756. The Morgan fingerprint density at radius 3 is 2.62 bits per heavy atom. The first-order chi connectivity index (χ1) is 14.3. The predicted octanol–water partition coefficient (Wildman–Crippen LogP) is 3.67. The van der Waals surface area contributed by atoms with Gasteiger partial charge in [-0.2, -0.15) is 0 Å². The highest BCUT2D eigenvalue weighted by Crippen LogP contribution is 2.27. The molecule has 4 aromatic rings. The van der Waals surface area contributed by atoms with E-state index in [2.05, 4.69) is 75.7 Å². The second kappa shape index (κ2) is 7.73. The maximum atomic E-state index is 6.06. The average Bonchev–Trinajstić information content (AvgIpc) is 3.18. The first kappa shape index (κ1) is 18.0. The van der Waals surface area contributed by atoms with Crippen molar-refractivity contribution < 1.29 is 4.74 Å². The van der Waals surface area contributed by atoms with Gasteiger partial charge in [-0.25, -0.2) is 4.52 Å². The molecule has 0 amide bonds. The van der Waals surface area contributed by atoms with E-state index < -0.39 is 0 Å². The van der Waals surface area contributed by atoms with Gasteiger partial charge in [0.25, 0.3) is 0 Å². The summed E-state index contributed by atoms with van der Waals surface area (Å²) in [7, 11) is 0. The largest absolute Gasteiger partial charge is 0.369 e. The summed E-state index contributed by atoms with van der Waals surface area (Å²) in [6.07, 6.45) is 5.64. The topological polar surface area (TPSA) is 55.5 Å². The zero-order valence-electron chi connectivity index (χ0n) is 16.4. The lowest BCUT2D eigenvalue weighted by molar-refractivity contribution is -0.0343. The summed E-state index contributed by atoms with van der Waals surface area (Å²) in [4.78, 5) is 6.50. The number of aromatic nitrogens is 4. The maximum absolute atomic E-state index is 6.06. The van der Waals surface area contributed by atoms with E-state index in [0.717, 1.165) is 36.4 Å². The van der Waals surface area contributed by atoms with Crippen LogP contribution in [0.2, 0.25) is 0 Å². The Morgan fingerprint density at radius 2 is 1.79 bits per heavy atom. The fourth-order valence-corrected chi connectivity index (χ4v) is 3.82. The van der Waals surface area contributed by atoms with Crippen molar-refractivity contribution in [3.05, 3.63) is 83.9 Å². The van der Waals surface area contributed by atoms with Crippen molar-refractivity contribution in [2.75, 3.05) is 19.7 Å². The number of hydrogen-bond donors (Lipinski definition) is 0. The Hall–Kier alpha value is -3.09. The molecule has 146 valence electrons. The highest BCUT2D eigenvalue weighted by Gasteiger charge is 2.26. The number of morpholine rings is 1. The van der Waals surface area contributed by atoms with E-state index in [1.807, 2.05) is 23.1 Å². The van der Waals surface area contributed by atoms with Crippen LogP contribution in [-0.4, -0.2) is 44.4 Å². The van der Waals surface area contributed by atoms with Gasteiger partial charge in [0.05, 0.1) is 12.1 Å². The van der Waals surface area contributed by atoms with E-state index in [1.54, 1.807) is 0 Å². The first-order valence-electron chi connectivity index (χ1n) is 9.91. The molecular formula is C23H23N5O. The third-order valence-corrected chi connectivity index (χ3v) is 5.44. The van der Waals surface area contributed by atoms with Gasteiger partial charge < -0.3 is 4.74 Å². The number of pyridine rings is 2. The lowest BCUT2D eigenvalue weighted by Crippen LogP contribution is -2.38. The van der Waals surface area contributed by atoms with Crippen LogP contribution in [0.5, 0.6) is 0 Å². The monoisotopic (exact) mass is 385 g/mol. The number of nitrogens with zero attached hydrogens (tertiary/aromatic N) is 5. The van der Waals surface area contributed by atoms with Crippen LogP contribution in [0.3, 0.4) is 0 Å². The van der Waals surface area contributed by atoms with Crippen LogP contribution in [0.15, 0.2) is 67.1 Å². The molecule has 1 atom stereocenters. The van der Waals surface area contributed by atoms with Crippen molar-refractivity contribution in [1.29, 1.82) is 0 Å². The summed E-state index contributed by atoms with van der Waals surface area (Å²) in [5.74, 6) is 0. The Bertz CT molecular complexity index is 1110. The van der Waals surface area contributed by atoms with Gasteiger partial charge >= 0.3 is 0 Å². The smallest absolute Gasteiger partial charge is 0.121 e. The summed E-state index contributed by atoms with van der Waals surface area (Å²) in [6.45, 7) is 5.39. The van der Waals surface area contributed by atoms with Gasteiger partial charge in [-0.3, -0.25) is 9.88 Å². The van der Waals surface area contributed by atoms with Gasteiger partial charge in [-0.1, -0.05) is 41.1 Å². The molecule has 1 aliphatic rings. The molecule has 0 unspecified atom stereocenters. The molecule has 29 heavy (non-hydrogen) atoms. The van der Waals surface area contributed by atoms with Crippen molar-refractivity contribution in [3.8, 4) is 11.1 Å². The van der Waals surface area contributed by atoms with E-state index in [-0.39, 0.29) is 6.10 Å². The molecule has 6 heteroatoms. The number of benzene rings is 1. The SMILES string of the molecule is Cc1ccc(-c2ccc3c([C@H]4CN(Cc5ccncc5)CCO4)nnn3c2)cc1. The average molecular weight is 385 g/mol. The fourth-order valence-electron chi connectivity index (χ4n) is 3.82. The normalized spacial score (nSPS) is 17.6. The van der Waals surface area contributed by atoms with E-state index >= 15 is 0 Å². The molecule has 0 radical (unpaired) electrons. The Kier molecular flexibility index (Phi) is 4.79. The van der Waals surface area contributed by atoms with Crippen molar-refractivity contribution in [2.24, 2.45) is 0 Å². The number of fused-ring (bicyclic) bond motifs is 1. The Labute approximate surface area is 169 Å². The van der Waals surface area contributed by atoms with Gasteiger partial charge in [-0.05, 0) is 36.2 Å². The highest BCUT2D eigenvalue weighted by molar-refractivity contribution is 5.66. The molecule has 6 nitrogen and oxygen atoms in total. The van der Waals surface area contributed by atoms with Gasteiger partial charge in [0.15, 0.2) is 0 Å². The van der Waals surface area contributed by atoms with E-state index in [1.165, 1.54) is 16.7 Å². The van der Waals surface area contributed by atoms with Crippen molar-refractivity contribution in [3.63, 3.8) is 0 Å². The van der Waals surface area contributed by atoms with Crippen LogP contribution >= 0.6 is 0 Å². The molecule has 1 saturated heterocycles. The summed E-state index contributed by atoms with van der Waals surface area (Å²) < 4.78 is 7.91. The minimum atomic E-state index is -0.0756. The molecular weight excluding hydrogens is 362 g/mol. The minimum Gasteiger partial charge on any atom is -0.369 e. The lowest BCUT2D eigenvalue weighted by Gasteiger charge is -2.32. The van der Waals surface area contributed by atoms with E-state index in [9.17, 15) is 0 Å². The number of hydrogen-bond acceptors (Lipinski definition) is 5. The first-order valence-corrected chi connectivity index (χ1v) is 9.91. The highest BCUT2D eigenvalue weighted by atomic mass is 16.5. The number of ether oxygens (including phenoxy) is 1. The third-order valence-electron chi connectivity index (χ3n) is 5.44. The number of aryl methyl sites for hydroxylation is 1. The quantitative estimate of drug-likeness (QED) is 0.536. The van der Waals surface area contributed by atoms with Crippen LogP contribution in [0, 0.1) is 6.92 Å². The van der Waals surface area contributed by atoms with Gasteiger partial charge in [-0.15, -0.1) is 5.10 Å². The van der Waals surface area contributed by atoms with Crippen LogP contribution in [-0.2, 0) is 11.3 Å². The van der Waals surface area contributed by atoms with Crippen molar-refractivity contribution >= 4 is 5.52 Å². The van der Waals surface area contributed by atoms with E-state index in [0.29, 0.717) is 6.61 Å². The molecule has 1 fully saturated rings. The zero-order valence-corrected chi connectivity index (χ0v) is 16.4.